The molecule has 1 aromatic carbocycles. The van der Waals surface area contributed by atoms with Crippen LogP contribution in [0.2, 0.25) is 5.15 Å². The number of benzene rings is 1. The molecule has 7 heteroatoms. The van der Waals surface area contributed by atoms with E-state index in [9.17, 15) is 9.59 Å². The first-order valence-corrected chi connectivity index (χ1v) is 9.63. The van der Waals surface area contributed by atoms with Gasteiger partial charge in [0.1, 0.15) is 10.8 Å². The first kappa shape index (κ1) is 19.1. The number of pyridine rings is 2. The summed E-state index contributed by atoms with van der Waals surface area (Å²) < 4.78 is 0. The number of halogens is 1. The lowest BCUT2D eigenvalue weighted by molar-refractivity contribution is -0.118. The van der Waals surface area contributed by atoms with Gasteiger partial charge in [-0.1, -0.05) is 23.7 Å². The lowest BCUT2D eigenvalue weighted by Gasteiger charge is -2.26. The van der Waals surface area contributed by atoms with E-state index >= 15 is 0 Å². The van der Waals surface area contributed by atoms with Gasteiger partial charge in [-0.05, 0) is 53.4 Å². The molecule has 0 unspecified atom stereocenters. The third kappa shape index (κ3) is 4.12. The standard InChI is InChI=1S/C22H19ClN4O2/c1-27-19-7-5-15(10-16(19)6-8-21(27)28)17-9-14(11-24-13-17)12-25-22(29)18-3-2-4-20(23)26-18/h2-5,7,9-11,13H,6,8,12H2,1H3,(H,25,29). The molecule has 0 atom stereocenters. The normalized spacial score (nSPS) is 13.2. The van der Waals surface area contributed by atoms with Gasteiger partial charge in [0.25, 0.3) is 5.91 Å². The van der Waals surface area contributed by atoms with Crippen molar-refractivity contribution in [3.8, 4) is 11.1 Å². The van der Waals surface area contributed by atoms with Gasteiger partial charge in [-0.3, -0.25) is 14.6 Å². The van der Waals surface area contributed by atoms with E-state index in [0.29, 0.717) is 13.0 Å². The summed E-state index contributed by atoms with van der Waals surface area (Å²) in [6.07, 6.45) is 4.78. The fourth-order valence-corrected chi connectivity index (χ4v) is 3.55. The summed E-state index contributed by atoms with van der Waals surface area (Å²) in [5, 5.41) is 3.12. The van der Waals surface area contributed by atoms with Crippen molar-refractivity contribution in [2.45, 2.75) is 19.4 Å². The predicted octanol–water partition coefficient (Wildman–Crippen LogP) is 3.64. The van der Waals surface area contributed by atoms with E-state index in [0.717, 1.165) is 34.4 Å². The fraction of sp³-hybridized carbons (Fsp3) is 0.182. The number of hydrogen-bond acceptors (Lipinski definition) is 4. The van der Waals surface area contributed by atoms with Gasteiger partial charge < -0.3 is 10.2 Å². The van der Waals surface area contributed by atoms with E-state index in [1.54, 1.807) is 42.5 Å². The molecule has 0 fully saturated rings. The molecular weight excluding hydrogens is 388 g/mol. The van der Waals surface area contributed by atoms with E-state index < -0.39 is 0 Å². The number of carbonyl (C=O) groups is 2. The lowest BCUT2D eigenvalue weighted by atomic mass is 9.96. The lowest BCUT2D eigenvalue weighted by Crippen LogP contribution is -2.30. The highest BCUT2D eigenvalue weighted by Gasteiger charge is 2.21. The summed E-state index contributed by atoms with van der Waals surface area (Å²) in [5.41, 5.74) is 5.24. The number of carbonyl (C=O) groups excluding carboxylic acids is 2. The maximum absolute atomic E-state index is 12.3. The average Bonchev–Trinajstić information content (AvgIpc) is 2.74. The van der Waals surface area contributed by atoms with Crippen molar-refractivity contribution in [1.82, 2.24) is 15.3 Å². The van der Waals surface area contributed by atoms with Crippen LogP contribution in [-0.2, 0) is 17.8 Å². The zero-order chi connectivity index (χ0) is 20.4. The number of hydrogen-bond donors (Lipinski definition) is 1. The Morgan fingerprint density at radius 1 is 1.14 bits per heavy atom. The monoisotopic (exact) mass is 406 g/mol. The zero-order valence-corrected chi connectivity index (χ0v) is 16.6. The van der Waals surface area contributed by atoms with Crippen molar-refractivity contribution >= 4 is 29.1 Å². The zero-order valence-electron chi connectivity index (χ0n) is 15.9. The van der Waals surface area contributed by atoms with Gasteiger partial charge in [0.15, 0.2) is 0 Å². The Bertz CT molecular complexity index is 1100. The molecule has 6 nitrogen and oxygen atoms in total. The third-order valence-electron chi connectivity index (χ3n) is 4.95. The van der Waals surface area contributed by atoms with Crippen LogP contribution in [-0.4, -0.2) is 28.8 Å². The van der Waals surface area contributed by atoms with Gasteiger partial charge in [-0.15, -0.1) is 0 Å². The summed E-state index contributed by atoms with van der Waals surface area (Å²) in [7, 11) is 1.81. The number of nitrogens with one attached hydrogen (secondary N) is 1. The molecule has 2 aromatic heterocycles. The van der Waals surface area contributed by atoms with E-state index in [4.69, 9.17) is 11.6 Å². The maximum Gasteiger partial charge on any atom is 0.270 e. The van der Waals surface area contributed by atoms with Gasteiger partial charge in [0, 0.05) is 43.7 Å². The van der Waals surface area contributed by atoms with Crippen LogP contribution < -0.4 is 10.2 Å². The molecule has 3 aromatic rings. The first-order chi connectivity index (χ1) is 14.0. The molecule has 0 spiro atoms. The minimum atomic E-state index is -0.292. The molecule has 1 N–H and O–H groups in total. The van der Waals surface area contributed by atoms with Crippen LogP contribution in [0, 0.1) is 0 Å². The summed E-state index contributed by atoms with van der Waals surface area (Å²) >= 11 is 5.84. The maximum atomic E-state index is 12.3. The molecule has 3 heterocycles. The highest BCUT2D eigenvalue weighted by Crippen LogP contribution is 2.31. The Hall–Kier alpha value is -3.25. The van der Waals surface area contributed by atoms with Crippen molar-refractivity contribution < 1.29 is 9.59 Å². The second-order valence-electron chi connectivity index (χ2n) is 6.91. The van der Waals surface area contributed by atoms with Crippen LogP contribution >= 0.6 is 11.6 Å². The molecule has 0 saturated carbocycles. The largest absolute Gasteiger partial charge is 0.347 e. The van der Waals surface area contributed by atoms with E-state index in [1.165, 1.54) is 0 Å². The van der Waals surface area contributed by atoms with Crippen LogP contribution in [0.25, 0.3) is 11.1 Å². The van der Waals surface area contributed by atoms with Crippen LogP contribution in [0.1, 0.15) is 28.0 Å². The number of aromatic nitrogens is 2. The number of rotatable bonds is 4. The molecular formula is C22H19ClN4O2. The van der Waals surface area contributed by atoms with Gasteiger partial charge in [0.05, 0.1) is 0 Å². The van der Waals surface area contributed by atoms with Crippen LogP contribution in [0.15, 0.2) is 54.9 Å². The second kappa shape index (κ2) is 8.01. The summed E-state index contributed by atoms with van der Waals surface area (Å²) in [6.45, 7) is 0.329. The second-order valence-corrected chi connectivity index (χ2v) is 7.29. The minimum Gasteiger partial charge on any atom is -0.347 e. The third-order valence-corrected chi connectivity index (χ3v) is 5.16. The summed E-state index contributed by atoms with van der Waals surface area (Å²) in [5.74, 6) is -0.154. The molecule has 146 valence electrons. The molecule has 4 rings (SSSR count). The molecule has 29 heavy (non-hydrogen) atoms. The van der Waals surface area contributed by atoms with Crippen molar-refractivity contribution in [1.29, 1.82) is 0 Å². The Morgan fingerprint density at radius 2 is 2.00 bits per heavy atom. The summed E-state index contributed by atoms with van der Waals surface area (Å²) in [6, 6.07) is 13.0. The van der Waals surface area contributed by atoms with Crippen molar-refractivity contribution in [2.24, 2.45) is 0 Å². The minimum absolute atomic E-state index is 0.138. The first-order valence-electron chi connectivity index (χ1n) is 9.26. The van der Waals surface area contributed by atoms with Gasteiger partial charge >= 0.3 is 0 Å². The van der Waals surface area contributed by atoms with Crippen molar-refractivity contribution in [2.75, 3.05) is 11.9 Å². The number of nitrogens with zero attached hydrogens (tertiary/aromatic N) is 3. The Labute approximate surface area is 173 Å². The Morgan fingerprint density at radius 3 is 2.83 bits per heavy atom. The van der Waals surface area contributed by atoms with Gasteiger partial charge in [-0.25, -0.2) is 4.98 Å². The molecule has 0 radical (unpaired) electrons. The Balaban J connectivity index is 1.50. The number of fused-ring (bicyclic) bond motifs is 1. The van der Waals surface area contributed by atoms with Crippen LogP contribution in [0.3, 0.4) is 0 Å². The smallest absolute Gasteiger partial charge is 0.270 e. The van der Waals surface area contributed by atoms with Crippen molar-refractivity contribution in [3.05, 3.63) is 76.8 Å². The molecule has 1 aliphatic rings. The van der Waals surface area contributed by atoms with E-state index in [1.807, 2.05) is 18.2 Å². The number of amides is 2. The molecule has 0 saturated heterocycles. The average molecular weight is 407 g/mol. The fourth-order valence-electron chi connectivity index (χ4n) is 3.39. The molecule has 1 aliphatic heterocycles. The number of anilines is 1. The topological polar surface area (TPSA) is 75.2 Å². The van der Waals surface area contributed by atoms with E-state index in [-0.39, 0.29) is 22.7 Å². The van der Waals surface area contributed by atoms with Crippen molar-refractivity contribution in [3.63, 3.8) is 0 Å². The SMILES string of the molecule is CN1C(=O)CCc2cc(-c3cncc(CNC(=O)c4cccc(Cl)n4)c3)ccc21. The predicted molar refractivity (Wildman–Crippen MR) is 112 cm³/mol. The van der Waals surface area contributed by atoms with E-state index in [2.05, 4.69) is 21.4 Å². The number of aryl methyl sites for hydroxylation is 1. The van der Waals surface area contributed by atoms with Gasteiger partial charge in [0.2, 0.25) is 5.91 Å². The molecule has 0 aliphatic carbocycles. The summed E-state index contributed by atoms with van der Waals surface area (Å²) in [4.78, 5) is 34.2. The van der Waals surface area contributed by atoms with Gasteiger partial charge in [-0.2, -0.15) is 0 Å². The highest BCUT2D eigenvalue weighted by molar-refractivity contribution is 6.29. The highest BCUT2D eigenvalue weighted by atomic mass is 35.5. The Kier molecular flexibility index (Phi) is 5.27. The molecule has 2 amide bonds. The van der Waals surface area contributed by atoms with Crippen LogP contribution in [0.4, 0.5) is 5.69 Å². The van der Waals surface area contributed by atoms with Crippen LogP contribution in [0.5, 0.6) is 0 Å². The molecule has 0 bridgehead atoms. The quantitative estimate of drug-likeness (QED) is 0.671.